The highest BCUT2D eigenvalue weighted by Crippen LogP contribution is 2.14. The lowest BCUT2D eigenvalue weighted by Gasteiger charge is -2.42. The third-order valence-electron chi connectivity index (χ3n) is 5.01. The highest BCUT2D eigenvalue weighted by atomic mass is 16.3. The molecule has 0 aromatic heterocycles. The molecule has 1 atom stereocenters. The van der Waals surface area contributed by atoms with E-state index in [1.165, 1.54) is 77.0 Å². The van der Waals surface area contributed by atoms with Crippen molar-refractivity contribution in [2.75, 3.05) is 27.2 Å². The second-order valence-electron chi connectivity index (χ2n) is 7.71. The van der Waals surface area contributed by atoms with Gasteiger partial charge in [-0.25, -0.2) is 0 Å². The largest absolute Gasteiger partial charge is 0.806 e. The van der Waals surface area contributed by atoms with Crippen molar-refractivity contribution in [2.45, 2.75) is 103 Å². The minimum Gasteiger partial charge on any atom is -0.806 e. The normalized spacial score (nSPS) is 13.4. The van der Waals surface area contributed by atoms with Crippen molar-refractivity contribution < 1.29 is 14.7 Å². The molecule has 0 fully saturated rings. The van der Waals surface area contributed by atoms with Crippen molar-refractivity contribution in [1.82, 2.24) is 0 Å². The fraction of sp³-hybridized carbons (Fsp3) is 1.00. The first kappa shape index (κ1) is 22.9. The van der Waals surface area contributed by atoms with Crippen LogP contribution in [0.15, 0.2) is 0 Å². The molecule has 1 unspecified atom stereocenters. The Morgan fingerprint density at radius 1 is 0.739 bits per heavy atom. The number of quaternary nitrogens is 1. The number of nitrogens with zero attached hydrogens (tertiary/aromatic N) is 1. The molecular weight excluding hydrogens is 286 g/mol. The molecule has 0 bridgehead atoms. The lowest BCUT2D eigenvalue weighted by molar-refractivity contribution is -0.985. The van der Waals surface area contributed by atoms with Crippen molar-refractivity contribution in [3.05, 3.63) is 0 Å². The standard InChI is InChI=1S/C20H43NO2/c1-4-5-6-7-8-9-10-11-12-13-14-15-16-17-20(23)21(2,3)18-19-22/h20,22H,4-19H2,1-3H3. The van der Waals surface area contributed by atoms with Crippen LogP contribution in [0.3, 0.4) is 0 Å². The van der Waals surface area contributed by atoms with Crippen LogP contribution in [0.4, 0.5) is 0 Å². The Morgan fingerprint density at radius 3 is 1.52 bits per heavy atom. The third-order valence-corrected chi connectivity index (χ3v) is 5.01. The molecule has 23 heavy (non-hydrogen) atoms. The summed E-state index contributed by atoms with van der Waals surface area (Å²) >= 11 is 0. The second-order valence-corrected chi connectivity index (χ2v) is 7.71. The van der Waals surface area contributed by atoms with Crippen LogP contribution in [0.1, 0.15) is 96.8 Å². The summed E-state index contributed by atoms with van der Waals surface area (Å²) in [6, 6.07) is 0. The number of hydrogen-bond acceptors (Lipinski definition) is 2. The molecule has 3 nitrogen and oxygen atoms in total. The Balaban J connectivity index is 3.27. The van der Waals surface area contributed by atoms with Gasteiger partial charge in [0, 0.05) is 6.23 Å². The van der Waals surface area contributed by atoms with E-state index in [2.05, 4.69) is 6.92 Å². The molecule has 0 radical (unpaired) electrons. The first-order valence-corrected chi connectivity index (χ1v) is 10.1. The summed E-state index contributed by atoms with van der Waals surface area (Å²) in [7, 11) is 3.85. The van der Waals surface area contributed by atoms with Crippen LogP contribution in [-0.4, -0.2) is 43.1 Å². The highest BCUT2D eigenvalue weighted by molar-refractivity contribution is 4.50. The molecule has 140 valence electrons. The first-order chi connectivity index (χ1) is 11.0. The summed E-state index contributed by atoms with van der Waals surface area (Å²) in [5, 5.41) is 21.1. The van der Waals surface area contributed by atoms with Gasteiger partial charge in [0.1, 0.15) is 6.54 Å². The molecule has 3 heteroatoms. The van der Waals surface area contributed by atoms with Crippen LogP contribution >= 0.6 is 0 Å². The number of unbranched alkanes of at least 4 members (excludes halogenated alkanes) is 12. The summed E-state index contributed by atoms with van der Waals surface area (Å²) in [4.78, 5) is 0. The molecule has 0 rings (SSSR count). The van der Waals surface area contributed by atoms with E-state index < -0.39 is 6.23 Å². The zero-order valence-electron chi connectivity index (χ0n) is 16.2. The van der Waals surface area contributed by atoms with Crippen LogP contribution in [0.2, 0.25) is 0 Å². The molecule has 0 aliphatic rings. The molecule has 0 amide bonds. The maximum atomic E-state index is 12.1. The smallest absolute Gasteiger partial charge is 0.101 e. The van der Waals surface area contributed by atoms with Gasteiger partial charge in [0.05, 0.1) is 20.7 Å². The maximum absolute atomic E-state index is 12.1. The van der Waals surface area contributed by atoms with Gasteiger partial charge in [0.15, 0.2) is 0 Å². The summed E-state index contributed by atoms with van der Waals surface area (Å²) in [6.45, 7) is 2.93. The Morgan fingerprint density at radius 2 is 1.13 bits per heavy atom. The number of rotatable bonds is 17. The number of likely N-dealkylation sites (N-methyl/N-ethyl adjacent to an activating group) is 1. The van der Waals surface area contributed by atoms with E-state index in [0.29, 0.717) is 11.0 Å². The van der Waals surface area contributed by atoms with Gasteiger partial charge in [0.2, 0.25) is 0 Å². The van der Waals surface area contributed by atoms with Crippen molar-refractivity contribution >= 4 is 0 Å². The maximum Gasteiger partial charge on any atom is 0.101 e. The van der Waals surface area contributed by atoms with Gasteiger partial charge in [-0.3, -0.25) is 0 Å². The van der Waals surface area contributed by atoms with Crippen LogP contribution in [0.25, 0.3) is 0 Å². The van der Waals surface area contributed by atoms with Gasteiger partial charge in [-0.05, 0) is 12.8 Å². The Bertz CT molecular complexity index is 244. The monoisotopic (exact) mass is 329 g/mol. The summed E-state index contributed by atoms with van der Waals surface area (Å²) in [6.07, 6.45) is 17.6. The molecule has 0 aliphatic heterocycles. The molecular formula is C20H43NO2. The SMILES string of the molecule is CCCCCCCCCCCCCCCC([O-])[N+](C)(C)CCO. The zero-order chi connectivity index (χ0) is 17.4. The molecule has 0 saturated carbocycles. The van der Waals surface area contributed by atoms with Crippen molar-refractivity contribution in [3.8, 4) is 0 Å². The summed E-state index contributed by atoms with van der Waals surface area (Å²) < 4.78 is 0.398. The van der Waals surface area contributed by atoms with Crippen LogP contribution < -0.4 is 5.11 Å². The average molecular weight is 330 g/mol. The van der Waals surface area contributed by atoms with Crippen molar-refractivity contribution in [2.24, 2.45) is 0 Å². The molecule has 0 spiro atoms. The third kappa shape index (κ3) is 14.0. The Labute approximate surface area is 145 Å². The van der Waals surface area contributed by atoms with Gasteiger partial charge in [-0.1, -0.05) is 84.0 Å². The average Bonchev–Trinajstić information content (AvgIpc) is 2.51. The van der Waals surface area contributed by atoms with E-state index in [1.807, 2.05) is 14.1 Å². The predicted octanol–water partition coefficient (Wildman–Crippen LogP) is 4.22. The van der Waals surface area contributed by atoms with Crippen LogP contribution in [0.5, 0.6) is 0 Å². The zero-order valence-corrected chi connectivity index (χ0v) is 16.2. The van der Waals surface area contributed by atoms with E-state index in [4.69, 9.17) is 5.11 Å². The van der Waals surface area contributed by atoms with Gasteiger partial charge >= 0.3 is 0 Å². The second kappa shape index (κ2) is 15.4. The van der Waals surface area contributed by atoms with Gasteiger partial charge in [-0.15, -0.1) is 0 Å². The van der Waals surface area contributed by atoms with Crippen LogP contribution in [-0.2, 0) is 0 Å². The molecule has 0 aliphatic carbocycles. The number of aliphatic hydroxyl groups excluding tert-OH is 1. The van der Waals surface area contributed by atoms with Gasteiger partial charge in [-0.2, -0.15) is 0 Å². The van der Waals surface area contributed by atoms with E-state index in [1.54, 1.807) is 0 Å². The summed E-state index contributed by atoms with van der Waals surface area (Å²) in [5.41, 5.74) is 0. The van der Waals surface area contributed by atoms with E-state index >= 15 is 0 Å². The fourth-order valence-corrected chi connectivity index (χ4v) is 3.09. The highest BCUT2D eigenvalue weighted by Gasteiger charge is 2.17. The quantitative estimate of drug-likeness (QED) is 0.247. The van der Waals surface area contributed by atoms with Gasteiger partial charge < -0.3 is 14.7 Å². The minimum atomic E-state index is -0.588. The topological polar surface area (TPSA) is 43.3 Å². The van der Waals surface area contributed by atoms with E-state index in [-0.39, 0.29) is 6.61 Å². The lowest BCUT2D eigenvalue weighted by atomic mass is 10.0. The molecule has 1 N–H and O–H groups in total. The lowest BCUT2D eigenvalue weighted by Crippen LogP contribution is -2.56. The Hall–Kier alpha value is -0.120. The van der Waals surface area contributed by atoms with Crippen molar-refractivity contribution in [1.29, 1.82) is 0 Å². The number of aliphatic hydroxyl groups is 1. The number of hydrogen-bond donors (Lipinski definition) is 1. The summed E-state index contributed by atoms with van der Waals surface area (Å²) in [5.74, 6) is 0. The van der Waals surface area contributed by atoms with Crippen molar-refractivity contribution in [3.63, 3.8) is 0 Å². The van der Waals surface area contributed by atoms with E-state index in [0.717, 1.165) is 12.8 Å². The molecule has 0 aromatic rings. The van der Waals surface area contributed by atoms with Crippen LogP contribution in [0, 0.1) is 0 Å². The first-order valence-electron chi connectivity index (χ1n) is 10.1. The Kier molecular flexibility index (Phi) is 15.3. The molecule has 0 heterocycles. The minimum absolute atomic E-state index is 0.102. The van der Waals surface area contributed by atoms with Gasteiger partial charge in [0.25, 0.3) is 0 Å². The predicted molar refractivity (Wildman–Crippen MR) is 98.2 cm³/mol. The molecule has 0 saturated heterocycles. The van der Waals surface area contributed by atoms with E-state index in [9.17, 15) is 5.11 Å². The molecule has 0 aromatic carbocycles. The fourth-order valence-electron chi connectivity index (χ4n) is 3.09.